The maximum atomic E-state index is 10.8. The van der Waals surface area contributed by atoms with Gasteiger partial charge in [0.25, 0.3) is 0 Å². The highest BCUT2D eigenvalue weighted by Crippen LogP contribution is 2.03. The number of nitrogens with zero attached hydrogens (tertiary/aromatic N) is 2. The smallest absolute Gasteiger partial charge is 0.224 e. The van der Waals surface area contributed by atoms with E-state index in [1.807, 2.05) is 0 Å². The number of anilines is 2. The summed E-state index contributed by atoms with van der Waals surface area (Å²) in [4.78, 5) is 8.07. The van der Waals surface area contributed by atoms with Gasteiger partial charge in [0, 0.05) is 26.3 Å². The Bertz CT molecular complexity index is 434. The fraction of sp³-hybridized carbons (Fsp3) is 0.500. The highest BCUT2D eigenvalue weighted by atomic mass is 32.2. The molecule has 90 valence electrons. The van der Waals surface area contributed by atoms with E-state index in [1.165, 1.54) is 0 Å². The minimum Gasteiger partial charge on any atom is -0.369 e. The van der Waals surface area contributed by atoms with Crippen LogP contribution in [0.25, 0.3) is 0 Å². The average molecular weight is 245 g/mol. The maximum absolute atomic E-state index is 10.8. The molecule has 0 aliphatic carbocycles. The molecule has 7 nitrogen and oxygen atoms in total. The van der Waals surface area contributed by atoms with Crippen LogP contribution in [-0.2, 0) is 10.0 Å². The van der Waals surface area contributed by atoms with Crippen LogP contribution in [0.1, 0.15) is 0 Å². The third-order valence-corrected chi connectivity index (χ3v) is 2.40. The van der Waals surface area contributed by atoms with Crippen molar-refractivity contribution in [1.82, 2.24) is 14.7 Å². The SMILES string of the molecule is CNc1nccc(NCCNS(C)(=O)=O)n1. The van der Waals surface area contributed by atoms with Gasteiger partial charge in [-0.1, -0.05) is 0 Å². The van der Waals surface area contributed by atoms with E-state index in [0.717, 1.165) is 6.26 Å². The van der Waals surface area contributed by atoms with Crippen molar-refractivity contribution in [3.05, 3.63) is 12.3 Å². The summed E-state index contributed by atoms with van der Waals surface area (Å²) in [7, 11) is -1.40. The summed E-state index contributed by atoms with van der Waals surface area (Å²) in [6.45, 7) is 0.783. The number of aromatic nitrogens is 2. The summed E-state index contributed by atoms with van der Waals surface area (Å²) in [6.07, 6.45) is 2.74. The zero-order valence-corrected chi connectivity index (χ0v) is 10.0. The molecule has 0 saturated carbocycles. The topological polar surface area (TPSA) is 96.0 Å². The van der Waals surface area contributed by atoms with Crippen LogP contribution in [0.15, 0.2) is 12.3 Å². The van der Waals surface area contributed by atoms with Crippen molar-refractivity contribution in [2.45, 2.75) is 0 Å². The van der Waals surface area contributed by atoms with E-state index in [1.54, 1.807) is 19.3 Å². The predicted octanol–water partition coefficient (Wildman–Crippen LogP) is -0.521. The Morgan fingerprint density at radius 2 is 2.12 bits per heavy atom. The van der Waals surface area contributed by atoms with Crippen LogP contribution < -0.4 is 15.4 Å². The number of nitrogens with one attached hydrogen (secondary N) is 3. The van der Waals surface area contributed by atoms with Gasteiger partial charge in [-0.05, 0) is 6.07 Å². The summed E-state index contributed by atoms with van der Waals surface area (Å²) < 4.78 is 23.9. The van der Waals surface area contributed by atoms with Crippen molar-refractivity contribution in [3.63, 3.8) is 0 Å². The van der Waals surface area contributed by atoms with E-state index in [4.69, 9.17) is 0 Å². The monoisotopic (exact) mass is 245 g/mol. The number of sulfonamides is 1. The molecule has 3 N–H and O–H groups in total. The molecule has 1 aromatic rings. The van der Waals surface area contributed by atoms with Gasteiger partial charge in [-0.2, -0.15) is 4.98 Å². The summed E-state index contributed by atoms with van der Waals surface area (Å²) in [5.41, 5.74) is 0. The lowest BCUT2D eigenvalue weighted by molar-refractivity contribution is 0.589. The van der Waals surface area contributed by atoms with Crippen molar-refractivity contribution in [1.29, 1.82) is 0 Å². The fourth-order valence-corrected chi connectivity index (χ4v) is 1.48. The minimum absolute atomic E-state index is 0.317. The van der Waals surface area contributed by atoms with Crippen molar-refractivity contribution in [2.75, 3.05) is 37.0 Å². The lowest BCUT2D eigenvalue weighted by Crippen LogP contribution is -2.27. The first-order valence-corrected chi connectivity index (χ1v) is 6.60. The first kappa shape index (κ1) is 12.7. The predicted molar refractivity (Wildman–Crippen MR) is 62.9 cm³/mol. The molecule has 0 aliphatic heterocycles. The molecular formula is C8H15N5O2S. The van der Waals surface area contributed by atoms with Gasteiger partial charge in [0.2, 0.25) is 16.0 Å². The number of hydrogen-bond acceptors (Lipinski definition) is 6. The molecular weight excluding hydrogens is 230 g/mol. The van der Waals surface area contributed by atoms with Crippen LogP contribution in [0.5, 0.6) is 0 Å². The molecule has 0 amide bonds. The van der Waals surface area contributed by atoms with Crippen LogP contribution >= 0.6 is 0 Å². The molecule has 1 rings (SSSR count). The summed E-state index contributed by atoms with van der Waals surface area (Å²) in [6, 6.07) is 1.71. The van der Waals surface area contributed by atoms with Crippen LogP contribution in [0.3, 0.4) is 0 Å². The molecule has 0 saturated heterocycles. The van der Waals surface area contributed by atoms with E-state index in [0.29, 0.717) is 24.9 Å². The van der Waals surface area contributed by atoms with Crippen LogP contribution in [0, 0.1) is 0 Å². The van der Waals surface area contributed by atoms with Crippen LogP contribution in [-0.4, -0.2) is 44.8 Å². The van der Waals surface area contributed by atoms with E-state index in [2.05, 4.69) is 25.3 Å². The third-order valence-electron chi connectivity index (χ3n) is 1.67. The third kappa shape index (κ3) is 4.89. The van der Waals surface area contributed by atoms with Gasteiger partial charge >= 0.3 is 0 Å². The zero-order valence-electron chi connectivity index (χ0n) is 9.19. The van der Waals surface area contributed by atoms with Gasteiger partial charge in [0.15, 0.2) is 0 Å². The molecule has 1 aromatic heterocycles. The Kier molecular flexibility index (Phi) is 4.44. The van der Waals surface area contributed by atoms with Gasteiger partial charge in [0.1, 0.15) is 5.82 Å². The van der Waals surface area contributed by atoms with Crippen molar-refractivity contribution >= 4 is 21.8 Å². The molecule has 16 heavy (non-hydrogen) atoms. The van der Waals surface area contributed by atoms with Gasteiger partial charge in [-0.25, -0.2) is 18.1 Å². The molecule has 0 aromatic carbocycles. The quantitative estimate of drug-likeness (QED) is 0.584. The highest BCUT2D eigenvalue weighted by molar-refractivity contribution is 7.88. The Hall–Kier alpha value is -1.41. The lowest BCUT2D eigenvalue weighted by Gasteiger charge is -2.06. The molecule has 0 radical (unpaired) electrons. The highest BCUT2D eigenvalue weighted by Gasteiger charge is 1.99. The molecule has 0 bridgehead atoms. The second-order valence-electron chi connectivity index (χ2n) is 3.11. The van der Waals surface area contributed by atoms with E-state index >= 15 is 0 Å². The molecule has 0 unspecified atom stereocenters. The average Bonchev–Trinajstić information content (AvgIpc) is 2.23. The van der Waals surface area contributed by atoms with Gasteiger partial charge in [0.05, 0.1) is 6.26 Å². The largest absolute Gasteiger partial charge is 0.369 e. The normalized spacial score (nSPS) is 11.1. The van der Waals surface area contributed by atoms with Gasteiger partial charge in [-0.3, -0.25) is 0 Å². The molecule has 0 aliphatic rings. The first-order chi connectivity index (χ1) is 7.51. The van der Waals surface area contributed by atoms with Crippen molar-refractivity contribution in [2.24, 2.45) is 0 Å². The van der Waals surface area contributed by atoms with Gasteiger partial charge in [-0.15, -0.1) is 0 Å². The van der Waals surface area contributed by atoms with E-state index < -0.39 is 10.0 Å². The summed E-state index contributed by atoms with van der Waals surface area (Å²) in [5, 5.41) is 5.78. The van der Waals surface area contributed by atoms with Crippen LogP contribution in [0.4, 0.5) is 11.8 Å². The second-order valence-corrected chi connectivity index (χ2v) is 4.94. The Labute approximate surface area is 94.7 Å². The lowest BCUT2D eigenvalue weighted by atomic mass is 10.5. The van der Waals surface area contributed by atoms with Crippen molar-refractivity contribution < 1.29 is 8.42 Å². The zero-order chi connectivity index (χ0) is 12.0. The summed E-state index contributed by atoms with van der Waals surface area (Å²) >= 11 is 0. The first-order valence-electron chi connectivity index (χ1n) is 4.70. The molecule has 0 atom stereocenters. The standard InChI is InChI=1S/C8H15N5O2S/c1-9-8-11-4-3-7(13-8)10-5-6-12-16(2,14)15/h3-4,12H,5-6H2,1-2H3,(H2,9,10,11,13). The Balaban J connectivity index is 2.37. The molecule has 0 spiro atoms. The maximum Gasteiger partial charge on any atom is 0.224 e. The number of rotatable bonds is 6. The van der Waals surface area contributed by atoms with E-state index in [-0.39, 0.29) is 0 Å². The second kappa shape index (κ2) is 5.61. The Morgan fingerprint density at radius 3 is 2.75 bits per heavy atom. The van der Waals surface area contributed by atoms with Crippen LogP contribution in [0.2, 0.25) is 0 Å². The van der Waals surface area contributed by atoms with E-state index in [9.17, 15) is 8.42 Å². The van der Waals surface area contributed by atoms with Gasteiger partial charge < -0.3 is 10.6 Å². The minimum atomic E-state index is -3.13. The Morgan fingerprint density at radius 1 is 1.38 bits per heavy atom. The fourth-order valence-electron chi connectivity index (χ4n) is 1.00. The molecule has 8 heteroatoms. The van der Waals surface area contributed by atoms with Crippen molar-refractivity contribution in [3.8, 4) is 0 Å². The molecule has 1 heterocycles. The molecule has 0 fully saturated rings. The number of hydrogen-bond donors (Lipinski definition) is 3. The summed E-state index contributed by atoms with van der Waals surface area (Å²) in [5.74, 6) is 1.16.